The molecule has 0 spiro atoms. The third-order valence-corrected chi connectivity index (χ3v) is 3.26. The SMILES string of the molecule is CC1CN(C(=O)c2c(O)cccc2O)C(C)CN1. The minimum absolute atomic E-state index is 0.0153. The van der Waals surface area contributed by atoms with Gasteiger partial charge in [-0.15, -0.1) is 0 Å². The van der Waals surface area contributed by atoms with E-state index in [1.165, 1.54) is 18.2 Å². The van der Waals surface area contributed by atoms with Crippen LogP contribution in [0.2, 0.25) is 0 Å². The molecule has 2 rings (SSSR count). The predicted molar refractivity (Wildman–Crippen MR) is 67.7 cm³/mol. The number of amides is 1. The van der Waals surface area contributed by atoms with Gasteiger partial charge in [-0.2, -0.15) is 0 Å². The van der Waals surface area contributed by atoms with E-state index in [1.807, 2.05) is 13.8 Å². The van der Waals surface area contributed by atoms with Gasteiger partial charge in [0.25, 0.3) is 5.91 Å². The van der Waals surface area contributed by atoms with Crippen molar-refractivity contribution in [1.29, 1.82) is 0 Å². The van der Waals surface area contributed by atoms with Gasteiger partial charge in [-0.25, -0.2) is 0 Å². The number of phenolic OH excluding ortho intramolecular Hbond substituents is 2. The maximum atomic E-state index is 12.4. The molecule has 0 bridgehead atoms. The average Bonchev–Trinajstić information content (AvgIpc) is 2.32. The van der Waals surface area contributed by atoms with Gasteiger partial charge in [-0.1, -0.05) is 6.07 Å². The van der Waals surface area contributed by atoms with Crippen LogP contribution in [0.3, 0.4) is 0 Å². The minimum Gasteiger partial charge on any atom is -0.507 e. The molecule has 0 aliphatic carbocycles. The van der Waals surface area contributed by atoms with Crippen LogP contribution in [-0.2, 0) is 0 Å². The minimum atomic E-state index is -0.327. The molecule has 0 radical (unpaired) electrons. The zero-order valence-electron chi connectivity index (χ0n) is 10.6. The largest absolute Gasteiger partial charge is 0.507 e. The molecule has 1 saturated heterocycles. The van der Waals surface area contributed by atoms with Gasteiger partial charge in [0.2, 0.25) is 0 Å². The zero-order valence-corrected chi connectivity index (χ0v) is 10.6. The number of piperazine rings is 1. The van der Waals surface area contributed by atoms with E-state index in [0.29, 0.717) is 13.1 Å². The lowest BCUT2D eigenvalue weighted by atomic mass is 10.1. The molecule has 2 unspecified atom stereocenters. The summed E-state index contributed by atoms with van der Waals surface area (Å²) in [4.78, 5) is 14.1. The summed E-state index contributed by atoms with van der Waals surface area (Å²) in [6.07, 6.45) is 0. The highest BCUT2D eigenvalue weighted by Gasteiger charge is 2.30. The quantitative estimate of drug-likeness (QED) is 0.693. The van der Waals surface area contributed by atoms with Crippen LogP contribution in [0.4, 0.5) is 0 Å². The summed E-state index contributed by atoms with van der Waals surface area (Å²) in [5.41, 5.74) is -0.0153. The number of nitrogens with zero attached hydrogens (tertiary/aromatic N) is 1. The molecule has 1 fully saturated rings. The summed E-state index contributed by atoms with van der Waals surface area (Å²) in [6.45, 7) is 5.21. The molecule has 3 N–H and O–H groups in total. The molecule has 1 aromatic carbocycles. The molecular formula is C13H18N2O3. The smallest absolute Gasteiger partial charge is 0.261 e. The Morgan fingerprint density at radius 2 is 1.94 bits per heavy atom. The molecule has 0 aromatic heterocycles. The third kappa shape index (κ3) is 2.26. The van der Waals surface area contributed by atoms with Crippen molar-refractivity contribution in [1.82, 2.24) is 10.2 Å². The molecule has 98 valence electrons. The highest BCUT2D eigenvalue weighted by atomic mass is 16.3. The van der Waals surface area contributed by atoms with Gasteiger partial charge in [0.05, 0.1) is 0 Å². The summed E-state index contributed by atoms with van der Waals surface area (Å²) in [5.74, 6) is -0.691. The summed E-state index contributed by atoms with van der Waals surface area (Å²) >= 11 is 0. The Labute approximate surface area is 106 Å². The van der Waals surface area contributed by atoms with Crippen molar-refractivity contribution < 1.29 is 15.0 Å². The van der Waals surface area contributed by atoms with E-state index >= 15 is 0 Å². The second-order valence-electron chi connectivity index (χ2n) is 4.79. The Balaban J connectivity index is 2.30. The Bertz CT molecular complexity index is 441. The van der Waals surface area contributed by atoms with E-state index in [1.54, 1.807) is 4.90 Å². The number of aromatic hydroxyl groups is 2. The maximum Gasteiger partial charge on any atom is 0.261 e. The van der Waals surface area contributed by atoms with Crippen LogP contribution in [0.5, 0.6) is 11.5 Å². The van der Waals surface area contributed by atoms with E-state index in [-0.39, 0.29) is 35.1 Å². The van der Waals surface area contributed by atoms with E-state index < -0.39 is 0 Å². The first-order valence-corrected chi connectivity index (χ1v) is 6.06. The second kappa shape index (κ2) is 4.86. The summed E-state index contributed by atoms with van der Waals surface area (Å²) in [5, 5.41) is 22.7. The van der Waals surface area contributed by atoms with Crippen molar-refractivity contribution in [2.24, 2.45) is 0 Å². The normalized spacial score (nSPS) is 24.0. The Morgan fingerprint density at radius 1 is 1.33 bits per heavy atom. The van der Waals surface area contributed by atoms with E-state index in [0.717, 1.165) is 0 Å². The van der Waals surface area contributed by atoms with Crippen LogP contribution in [-0.4, -0.2) is 46.2 Å². The van der Waals surface area contributed by atoms with E-state index in [4.69, 9.17) is 0 Å². The van der Waals surface area contributed by atoms with Crippen molar-refractivity contribution in [3.05, 3.63) is 23.8 Å². The number of carbonyl (C=O) groups excluding carboxylic acids is 1. The number of hydrogen-bond donors (Lipinski definition) is 3. The highest BCUT2D eigenvalue weighted by Crippen LogP contribution is 2.28. The summed E-state index contributed by atoms with van der Waals surface area (Å²) in [7, 11) is 0. The van der Waals surface area contributed by atoms with Crippen LogP contribution in [0.25, 0.3) is 0 Å². The average molecular weight is 250 g/mol. The lowest BCUT2D eigenvalue weighted by Gasteiger charge is -2.37. The van der Waals surface area contributed by atoms with Gasteiger partial charge in [0.15, 0.2) is 0 Å². The molecule has 1 aliphatic heterocycles. The predicted octanol–water partition coefficient (Wildman–Crippen LogP) is 0.920. The van der Waals surface area contributed by atoms with Crippen molar-refractivity contribution in [2.75, 3.05) is 13.1 Å². The standard InChI is InChI=1S/C13H18N2O3/c1-8-7-15(9(2)6-14-8)13(18)12-10(16)4-3-5-11(12)17/h3-5,8-9,14,16-17H,6-7H2,1-2H3. The van der Waals surface area contributed by atoms with Crippen LogP contribution in [0.1, 0.15) is 24.2 Å². The third-order valence-electron chi connectivity index (χ3n) is 3.26. The summed E-state index contributed by atoms with van der Waals surface area (Å²) in [6, 6.07) is 4.56. The van der Waals surface area contributed by atoms with Crippen molar-refractivity contribution in [3.63, 3.8) is 0 Å². The first-order chi connectivity index (χ1) is 8.50. The molecule has 1 aromatic rings. The maximum absolute atomic E-state index is 12.4. The molecule has 18 heavy (non-hydrogen) atoms. The molecule has 1 aliphatic rings. The number of nitrogens with one attached hydrogen (secondary N) is 1. The number of phenols is 2. The summed E-state index contributed by atoms with van der Waals surface area (Å²) < 4.78 is 0. The molecule has 5 nitrogen and oxygen atoms in total. The lowest BCUT2D eigenvalue weighted by molar-refractivity contribution is 0.0610. The molecule has 1 heterocycles. The van der Waals surface area contributed by atoms with Crippen molar-refractivity contribution in [2.45, 2.75) is 25.9 Å². The zero-order chi connectivity index (χ0) is 13.3. The fourth-order valence-corrected chi connectivity index (χ4v) is 2.20. The van der Waals surface area contributed by atoms with Gasteiger partial charge >= 0.3 is 0 Å². The Kier molecular flexibility index (Phi) is 3.43. The molecule has 1 amide bonds. The van der Waals surface area contributed by atoms with Gasteiger partial charge in [0, 0.05) is 25.2 Å². The highest BCUT2D eigenvalue weighted by molar-refractivity contribution is 5.99. The Hall–Kier alpha value is -1.75. The van der Waals surface area contributed by atoms with Crippen LogP contribution < -0.4 is 5.32 Å². The molecule has 5 heteroatoms. The molecular weight excluding hydrogens is 232 g/mol. The molecule has 0 saturated carbocycles. The second-order valence-corrected chi connectivity index (χ2v) is 4.79. The van der Waals surface area contributed by atoms with Crippen LogP contribution in [0, 0.1) is 0 Å². The monoisotopic (exact) mass is 250 g/mol. The van der Waals surface area contributed by atoms with Crippen LogP contribution >= 0.6 is 0 Å². The number of rotatable bonds is 1. The lowest BCUT2D eigenvalue weighted by Crippen LogP contribution is -2.56. The topological polar surface area (TPSA) is 72.8 Å². The first kappa shape index (κ1) is 12.7. The van der Waals surface area contributed by atoms with E-state index in [9.17, 15) is 15.0 Å². The fourth-order valence-electron chi connectivity index (χ4n) is 2.20. The van der Waals surface area contributed by atoms with Crippen LogP contribution in [0.15, 0.2) is 18.2 Å². The Morgan fingerprint density at radius 3 is 2.56 bits per heavy atom. The first-order valence-electron chi connectivity index (χ1n) is 6.06. The van der Waals surface area contributed by atoms with Gasteiger partial charge in [-0.05, 0) is 26.0 Å². The fraction of sp³-hybridized carbons (Fsp3) is 0.462. The van der Waals surface area contributed by atoms with Gasteiger partial charge in [0.1, 0.15) is 17.1 Å². The number of benzene rings is 1. The van der Waals surface area contributed by atoms with Gasteiger partial charge in [-0.3, -0.25) is 4.79 Å². The van der Waals surface area contributed by atoms with E-state index in [2.05, 4.69) is 5.32 Å². The number of carbonyl (C=O) groups is 1. The van der Waals surface area contributed by atoms with Crippen molar-refractivity contribution in [3.8, 4) is 11.5 Å². The van der Waals surface area contributed by atoms with Gasteiger partial charge < -0.3 is 20.4 Å². The van der Waals surface area contributed by atoms with Crippen molar-refractivity contribution >= 4 is 5.91 Å². The number of hydrogen-bond acceptors (Lipinski definition) is 4. The molecule has 2 atom stereocenters.